The van der Waals surface area contributed by atoms with Crippen LogP contribution in [0.25, 0.3) is 0 Å². The molecule has 0 aromatic carbocycles. The van der Waals surface area contributed by atoms with Crippen molar-refractivity contribution in [3.63, 3.8) is 0 Å². The molecule has 88 valence electrons. The molecule has 2 fully saturated rings. The molecule has 2 saturated heterocycles. The van der Waals surface area contributed by atoms with Gasteiger partial charge in [0.15, 0.2) is 0 Å². The fourth-order valence-electron chi connectivity index (χ4n) is 2.59. The first-order chi connectivity index (χ1) is 7.16. The first-order valence-electron chi connectivity index (χ1n) is 6.18. The largest absolute Gasteiger partial charge is 0.390 e. The van der Waals surface area contributed by atoms with E-state index in [2.05, 4.69) is 4.90 Å². The number of ether oxygens (including phenoxy) is 1. The van der Waals surface area contributed by atoms with Crippen LogP contribution in [-0.4, -0.2) is 48.5 Å². The molecule has 2 aliphatic heterocycles. The summed E-state index contributed by atoms with van der Waals surface area (Å²) in [4.78, 5) is 2.50. The Labute approximate surface area is 92.4 Å². The normalized spacial score (nSPS) is 39.2. The maximum absolute atomic E-state index is 9.98. The zero-order valence-corrected chi connectivity index (χ0v) is 9.74. The van der Waals surface area contributed by atoms with Gasteiger partial charge in [-0.1, -0.05) is 0 Å². The third-order valence-electron chi connectivity index (χ3n) is 3.70. The Morgan fingerprint density at radius 2 is 2.27 bits per heavy atom. The minimum atomic E-state index is -0.430. The quantitative estimate of drug-likeness (QED) is 0.749. The molecular formula is C12H23NO2. The van der Waals surface area contributed by atoms with Crippen LogP contribution >= 0.6 is 0 Å². The molecule has 3 heteroatoms. The number of nitrogens with zero attached hydrogens (tertiary/aromatic N) is 1. The highest BCUT2D eigenvalue weighted by Crippen LogP contribution is 2.23. The average Bonchev–Trinajstić information content (AvgIpc) is 2.60. The van der Waals surface area contributed by atoms with Crippen LogP contribution in [0.4, 0.5) is 0 Å². The molecule has 3 nitrogen and oxygen atoms in total. The zero-order valence-electron chi connectivity index (χ0n) is 9.74. The second kappa shape index (κ2) is 4.81. The second-order valence-corrected chi connectivity index (χ2v) is 5.38. The Balaban J connectivity index is 1.78. The maximum Gasteiger partial charge on any atom is 0.0632 e. The Morgan fingerprint density at radius 1 is 1.40 bits per heavy atom. The van der Waals surface area contributed by atoms with E-state index in [0.29, 0.717) is 0 Å². The SMILES string of the molecule is CC1(O)CCCN(CC2CCOC2)CC1. The van der Waals surface area contributed by atoms with E-state index in [-0.39, 0.29) is 0 Å². The van der Waals surface area contributed by atoms with Gasteiger partial charge in [0.2, 0.25) is 0 Å². The lowest BCUT2D eigenvalue weighted by Gasteiger charge is -2.24. The highest BCUT2D eigenvalue weighted by Gasteiger charge is 2.26. The minimum absolute atomic E-state index is 0.430. The van der Waals surface area contributed by atoms with Crippen LogP contribution in [0, 0.1) is 5.92 Å². The molecule has 2 unspecified atom stereocenters. The highest BCUT2D eigenvalue weighted by atomic mass is 16.5. The van der Waals surface area contributed by atoms with Crippen molar-refractivity contribution >= 4 is 0 Å². The van der Waals surface area contributed by atoms with Crippen molar-refractivity contribution in [3.8, 4) is 0 Å². The predicted molar refractivity (Wildman–Crippen MR) is 59.8 cm³/mol. The van der Waals surface area contributed by atoms with Gasteiger partial charge in [-0.2, -0.15) is 0 Å². The summed E-state index contributed by atoms with van der Waals surface area (Å²) in [5, 5.41) is 9.98. The molecule has 0 amide bonds. The molecule has 0 saturated carbocycles. The molecule has 0 radical (unpaired) electrons. The average molecular weight is 213 g/mol. The monoisotopic (exact) mass is 213 g/mol. The molecule has 1 N–H and O–H groups in total. The highest BCUT2D eigenvalue weighted by molar-refractivity contribution is 4.80. The lowest BCUT2D eigenvalue weighted by atomic mass is 9.98. The Hall–Kier alpha value is -0.120. The minimum Gasteiger partial charge on any atom is -0.390 e. The predicted octanol–water partition coefficient (Wildman–Crippen LogP) is 1.26. The summed E-state index contributed by atoms with van der Waals surface area (Å²) < 4.78 is 5.39. The van der Waals surface area contributed by atoms with E-state index in [4.69, 9.17) is 4.74 Å². The fourth-order valence-corrected chi connectivity index (χ4v) is 2.59. The van der Waals surface area contributed by atoms with Gasteiger partial charge in [-0.15, -0.1) is 0 Å². The van der Waals surface area contributed by atoms with Crippen molar-refractivity contribution < 1.29 is 9.84 Å². The summed E-state index contributed by atoms with van der Waals surface area (Å²) in [6, 6.07) is 0. The Kier molecular flexibility index (Phi) is 3.65. The molecule has 2 atom stereocenters. The van der Waals surface area contributed by atoms with Gasteiger partial charge in [0.25, 0.3) is 0 Å². The van der Waals surface area contributed by atoms with Gasteiger partial charge >= 0.3 is 0 Å². The number of hydrogen-bond acceptors (Lipinski definition) is 3. The van der Waals surface area contributed by atoms with Crippen molar-refractivity contribution in [2.24, 2.45) is 5.92 Å². The summed E-state index contributed by atoms with van der Waals surface area (Å²) in [7, 11) is 0. The van der Waals surface area contributed by atoms with Gasteiger partial charge in [0.05, 0.1) is 12.2 Å². The molecule has 0 aromatic rings. The van der Waals surface area contributed by atoms with Gasteiger partial charge in [-0.3, -0.25) is 0 Å². The van der Waals surface area contributed by atoms with Gasteiger partial charge in [0, 0.05) is 19.7 Å². The second-order valence-electron chi connectivity index (χ2n) is 5.38. The van der Waals surface area contributed by atoms with Crippen molar-refractivity contribution in [2.75, 3.05) is 32.8 Å². The molecule has 15 heavy (non-hydrogen) atoms. The molecule has 0 aliphatic carbocycles. The van der Waals surface area contributed by atoms with Crippen LogP contribution in [0.15, 0.2) is 0 Å². The molecule has 2 heterocycles. The topological polar surface area (TPSA) is 32.7 Å². The van der Waals surface area contributed by atoms with Crippen LogP contribution in [0.3, 0.4) is 0 Å². The number of aliphatic hydroxyl groups is 1. The van der Waals surface area contributed by atoms with Gasteiger partial charge in [-0.25, -0.2) is 0 Å². The van der Waals surface area contributed by atoms with E-state index in [1.807, 2.05) is 6.92 Å². The first kappa shape index (κ1) is 11.4. The lowest BCUT2D eigenvalue weighted by molar-refractivity contribution is 0.0441. The molecule has 2 rings (SSSR count). The summed E-state index contributed by atoms with van der Waals surface area (Å²) >= 11 is 0. The first-order valence-corrected chi connectivity index (χ1v) is 6.18. The van der Waals surface area contributed by atoms with Crippen LogP contribution < -0.4 is 0 Å². The summed E-state index contributed by atoms with van der Waals surface area (Å²) in [5.41, 5.74) is -0.430. The van der Waals surface area contributed by atoms with E-state index >= 15 is 0 Å². The Morgan fingerprint density at radius 3 is 3.00 bits per heavy atom. The standard InChI is InChI=1S/C12H23NO2/c1-12(14)4-2-6-13(7-5-12)9-11-3-8-15-10-11/h11,14H,2-10H2,1H3. The molecule has 0 aromatic heterocycles. The van der Waals surface area contributed by atoms with Crippen LogP contribution in [0.1, 0.15) is 32.6 Å². The van der Waals surface area contributed by atoms with E-state index < -0.39 is 5.60 Å². The lowest BCUT2D eigenvalue weighted by Crippen LogP contribution is -2.32. The number of rotatable bonds is 2. The van der Waals surface area contributed by atoms with Crippen LogP contribution in [-0.2, 0) is 4.74 Å². The fraction of sp³-hybridized carbons (Fsp3) is 1.00. The van der Waals surface area contributed by atoms with E-state index in [1.165, 1.54) is 6.42 Å². The number of likely N-dealkylation sites (tertiary alicyclic amines) is 1. The Bertz CT molecular complexity index is 200. The van der Waals surface area contributed by atoms with E-state index in [1.54, 1.807) is 0 Å². The van der Waals surface area contributed by atoms with Gasteiger partial charge in [-0.05, 0) is 45.1 Å². The van der Waals surface area contributed by atoms with Crippen LogP contribution in [0.2, 0.25) is 0 Å². The summed E-state index contributed by atoms with van der Waals surface area (Å²) in [5.74, 6) is 0.730. The summed E-state index contributed by atoms with van der Waals surface area (Å²) in [6.07, 6.45) is 4.21. The molecule has 2 aliphatic rings. The van der Waals surface area contributed by atoms with Crippen molar-refractivity contribution in [1.29, 1.82) is 0 Å². The van der Waals surface area contributed by atoms with Crippen molar-refractivity contribution in [3.05, 3.63) is 0 Å². The van der Waals surface area contributed by atoms with Crippen molar-refractivity contribution in [2.45, 2.75) is 38.2 Å². The smallest absolute Gasteiger partial charge is 0.0632 e. The molecular weight excluding hydrogens is 190 g/mol. The maximum atomic E-state index is 9.98. The van der Waals surface area contributed by atoms with Crippen molar-refractivity contribution in [1.82, 2.24) is 4.90 Å². The van der Waals surface area contributed by atoms with Gasteiger partial charge in [0.1, 0.15) is 0 Å². The molecule has 0 spiro atoms. The number of hydrogen-bond donors (Lipinski definition) is 1. The van der Waals surface area contributed by atoms with Gasteiger partial charge < -0.3 is 14.7 Å². The summed E-state index contributed by atoms with van der Waals surface area (Å²) in [6.45, 7) is 7.20. The molecule has 0 bridgehead atoms. The third-order valence-corrected chi connectivity index (χ3v) is 3.70. The van der Waals surface area contributed by atoms with Crippen LogP contribution in [0.5, 0.6) is 0 Å². The zero-order chi connectivity index (χ0) is 10.7. The van der Waals surface area contributed by atoms with E-state index in [9.17, 15) is 5.11 Å². The third kappa shape index (κ3) is 3.44. The van der Waals surface area contributed by atoms with E-state index in [0.717, 1.165) is 58.0 Å².